The highest BCUT2D eigenvalue weighted by Crippen LogP contribution is 2.13. The van der Waals surface area contributed by atoms with Crippen molar-refractivity contribution in [2.45, 2.75) is 122 Å². The number of benzene rings is 1. The van der Waals surface area contributed by atoms with E-state index in [4.69, 9.17) is 10.5 Å². The second kappa shape index (κ2) is 19.6. The van der Waals surface area contributed by atoms with E-state index < -0.39 is 6.04 Å². The van der Waals surface area contributed by atoms with E-state index in [1.165, 1.54) is 89.9 Å². The lowest BCUT2D eigenvalue weighted by atomic mass is 10.0. The molecule has 0 heterocycles. The van der Waals surface area contributed by atoms with Crippen LogP contribution in [0.1, 0.15) is 115 Å². The minimum atomic E-state index is -0.562. The standard InChI is InChI=1S/C27H47NO2/c1-2-3-4-5-6-7-8-9-10-11-12-13-14-15-16-20-23-30-27(29)26(28)24-25-21-18-17-19-22-25/h17-19,21-22,26H,2-16,20,23-24,28H2,1H3/t26-/m0/s1. The molecular weight excluding hydrogens is 370 g/mol. The minimum Gasteiger partial charge on any atom is -0.465 e. The van der Waals surface area contributed by atoms with E-state index in [0.29, 0.717) is 13.0 Å². The number of hydrogen-bond donors (Lipinski definition) is 1. The molecule has 3 nitrogen and oxygen atoms in total. The third-order valence-electron chi connectivity index (χ3n) is 5.84. The highest BCUT2D eigenvalue weighted by molar-refractivity contribution is 5.75. The van der Waals surface area contributed by atoms with Crippen molar-refractivity contribution < 1.29 is 9.53 Å². The van der Waals surface area contributed by atoms with Crippen molar-refractivity contribution in [3.8, 4) is 0 Å². The Labute approximate surface area is 186 Å². The fraction of sp³-hybridized carbons (Fsp3) is 0.741. The first kappa shape index (κ1) is 26.7. The van der Waals surface area contributed by atoms with E-state index in [2.05, 4.69) is 6.92 Å². The maximum absolute atomic E-state index is 12.0. The van der Waals surface area contributed by atoms with Gasteiger partial charge in [-0.25, -0.2) is 0 Å². The fourth-order valence-corrected chi connectivity index (χ4v) is 3.88. The highest BCUT2D eigenvalue weighted by atomic mass is 16.5. The van der Waals surface area contributed by atoms with Gasteiger partial charge in [-0.15, -0.1) is 0 Å². The molecule has 0 saturated heterocycles. The zero-order valence-electron chi connectivity index (χ0n) is 19.6. The van der Waals surface area contributed by atoms with Gasteiger partial charge < -0.3 is 10.5 Å². The predicted octanol–water partition coefficient (Wildman–Crippen LogP) is 7.36. The van der Waals surface area contributed by atoms with Crippen molar-refractivity contribution in [1.82, 2.24) is 0 Å². The van der Waals surface area contributed by atoms with Crippen molar-refractivity contribution in [2.75, 3.05) is 6.61 Å². The number of hydrogen-bond acceptors (Lipinski definition) is 3. The summed E-state index contributed by atoms with van der Waals surface area (Å²) in [6.45, 7) is 2.78. The smallest absolute Gasteiger partial charge is 0.323 e. The summed E-state index contributed by atoms with van der Waals surface area (Å²) in [4.78, 5) is 12.0. The molecule has 0 aliphatic heterocycles. The molecular formula is C27H47NO2. The first-order valence-corrected chi connectivity index (χ1v) is 12.7. The van der Waals surface area contributed by atoms with Gasteiger partial charge in [0.15, 0.2) is 0 Å². The quantitative estimate of drug-likeness (QED) is 0.178. The largest absolute Gasteiger partial charge is 0.465 e. The summed E-state index contributed by atoms with van der Waals surface area (Å²) in [5, 5.41) is 0. The molecule has 1 atom stereocenters. The summed E-state index contributed by atoms with van der Waals surface area (Å²) in [6, 6.07) is 9.30. The zero-order valence-corrected chi connectivity index (χ0v) is 19.6. The van der Waals surface area contributed by atoms with Crippen LogP contribution in [0.25, 0.3) is 0 Å². The molecule has 0 bridgehead atoms. The van der Waals surface area contributed by atoms with E-state index in [1.807, 2.05) is 30.3 Å². The lowest BCUT2D eigenvalue weighted by Crippen LogP contribution is -2.34. The second-order valence-corrected chi connectivity index (χ2v) is 8.77. The average molecular weight is 418 g/mol. The van der Waals surface area contributed by atoms with Crippen LogP contribution in [-0.2, 0) is 16.0 Å². The molecule has 0 saturated carbocycles. The van der Waals surface area contributed by atoms with E-state index in [9.17, 15) is 4.79 Å². The normalized spacial score (nSPS) is 12.1. The predicted molar refractivity (Wildman–Crippen MR) is 129 cm³/mol. The summed E-state index contributed by atoms with van der Waals surface area (Å²) in [5.74, 6) is -0.278. The van der Waals surface area contributed by atoms with Crippen LogP contribution in [0.3, 0.4) is 0 Å². The van der Waals surface area contributed by atoms with Gasteiger partial charge in [0.05, 0.1) is 6.61 Å². The number of carbonyl (C=O) groups is 1. The van der Waals surface area contributed by atoms with Crippen LogP contribution >= 0.6 is 0 Å². The molecule has 0 fully saturated rings. The van der Waals surface area contributed by atoms with Crippen LogP contribution < -0.4 is 5.73 Å². The summed E-state index contributed by atoms with van der Waals surface area (Å²) >= 11 is 0. The Morgan fingerprint density at radius 1 is 0.733 bits per heavy atom. The molecule has 0 spiro atoms. The van der Waals surface area contributed by atoms with Gasteiger partial charge in [0.25, 0.3) is 0 Å². The molecule has 0 unspecified atom stereocenters. The number of carbonyl (C=O) groups excluding carboxylic acids is 1. The van der Waals surface area contributed by atoms with Gasteiger partial charge in [0.1, 0.15) is 6.04 Å². The monoisotopic (exact) mass is 417 g/mol. The Kier molecular flexibility index (Phi) is 17.4. The van der Waals surface area contributed by atoms with Gasteiger partial charge in [-0.3, -0.25) is 4.79 Å². The highest BCUT2D eigenvalue weighted by Gasteiger charge is 2.15. The molecule has 2 N–H and O–H groups in total. The number of ether oxygens (including phenoxy) is 1. The van der Waals surface area contributed by atoms with Crippen molar-refractivity contribution >= 4 is 5.97 Å². The van der Waals surface area contributed by atoms with Gasteiger partial charge in [0, 0.05) is 0 Å². The first-order valence-electron chi connectivity index (χ1n) is 12.7. The van der Waals surface area contributed by atoms with Crippen LogP contribution in [0.4, 0.5) is 0 Å². The Balaban J connectivity index is 1.80. The Morgan fingerprint density at radius 3 is 1.63 bits per heavy atom. The third-order valence-corrected chi connectivity index (χ3v) is 5.84. The van der Waals surface area contributed by atoms with Gasteiger partial charge in [-0.05, 0) is 18.4 Å². The topological polar surface area (TPSA) is 52.3 Å². The summed E-state index contributed by atoms with van der Waals surface area (Å²) < 4.78 is 5.33. The van der Waals surface area contributed by atoms with Crippen LogP contribution in [0, 0.1) is 0 Å². The number of unbranched alkanes of at least 4 members (excludes halogenated alkanes) is 15. The average Bonchev–Trinajstić information content (AvgIpc) is 2.76. The summed E-state index contributed by atoms with van der Waals surface area (Å²) in [7, 11) is 0. The molecule has 1 aromatic rings. The van der Waals surface area contributed by atoms with E-state index in [0.717, 1.165) is 18.4 Å². The summed E-state index contributed by atoms with van der Waals surface area (Å²) in [5.41, 5.74) is 7.02. The van der Waals surface area contributed by atoms with Gasteiger partial charge in [-0.1, -0.05) is 134 Å². The summed E-state index contributed by atoms with van der Waals surface area (Å²) in [6.07, 6.45) is 22.1. The van der Waals surface area contributed by atoms with Gasteiger partial charge in [0.2, 0.25) is 0 Å². The molecule has 0 radical (unpaired) electrons. The zero-order chi connectivity index (χ0) is 21.7. The van der Waals surface area contributed by atoms with E-state index in [-0.39, 0.29) is 5.97 Å². The molecule has 3 heteroatoms. The molecule has 0 aromatic heterocycles. The maximum Gasteiger partial charge on any atom is 0.323 e. The molecule has 1 aromatic carbocycles. The maximum atomic E-state index is 12.0. The number of rotatable bonds is 20. The Bertz CT molecular complexity index is 503. The molecule has 30 heavy (non-hydrogen) atoms. The van der Waals surface area contributed by atoms with Crippen LogP contribution in [-0.4, -0.2) is 18.6 Å². The van der Waals surface area contributed by atoms with Crippen molar-refractivity contribution in [2.24, 2.45) is 5.73 Å². The van der Waals surface area contributed by atoms with Crippen LogP contribution in [0.5, 0.6) is 0 Å². The molecule has 172 valence electrons. The van der Waals surface area contributed by atoms with Gasteiger partial charge in [-0.2, -0.15) is 0 Å². The van der Waals surface area contributed by atoms with Crippen molar-refractivity contribution in [3.05, 3.63) is 35.9 Å². The third kappa shape index (κ3) is 15.5. The van der Waals surface area contributed by atoms with Gasteiger partial charge >= 0.3 is 5.97 Å². The molecule has 0 aliphatic carbocycles. The van der Waals surface area contributed by atoms with E-state index >= 15 is 0 Å². The number of esters is 1. The molecule has 1 rings (SSSR count). The number of nitrogens with two attached hydrogens (primary N) is 1. The SMILES string of the molecule is CCCCCCCCCCCCCCCCCCOC(=O)[C@@H](N)Cc1ccccc1. The lowest BCUT2D eigenvalue weighted by molar-refractivity contribution is -0.145. The Morgan fingerprint density at radius 2 is 1.17 bits per heavy atom. The molecule has 0 amide bonds. The first-order chi connectivity index (χ1) is 14.7. The fourth-order valence-electron chi connectivity index (χ4n) is 3.88. The van der Waals surface area contributed by atoms with E-state index in [1.54, 1.807) is 0 Å². The second-order valence-electron chi connectivity index (χ2n) is 8.77. The van der Waals surface area contributed by atoms with Crippen molar-refractivity contribution in [3.63, 3.8) is 0 Å². The molecule has 0 aliphatic rings. The minimum absolute atomic E-state index is 0.278. The van der Waals surface area contributed by atoms with Crippen molar-refractivity contribution in [1.29, 1.82) is 0 Å². The Hall–Kier alpha value is -1.35. The van der Waals surface area contributed by atoms with Crippen LogP contribution in [0.15, 0.2) is 30.3 Å². The van der Waals surface area contributed by atoms with Crippen LogP contribution in [0.2, 0.25) is 0 Å². The lowest BCUT2D eigenvalue weighted by Gasteiger charge is -2.11.